The van der Waals surface area contributed by atoms with E-state index in [0.717, 1.165) is 59.0 Å². The first-order valence-electron chi connectivity index (χ1n) is 10.2. The molecule has 1 saturated heterocycles. The maximum absolute atomic E-state index is 12.2. The highest BCUT2D eigenvalue weighted by Gasteiger charge is 2.37. The molecule has 0 N–H and O–H groups in total. The SMILES string of the molecule is CC1C(Cc2c(Cl)cc(-c3ccncc3)cc2Cl)CCCC1N1CCCC1=O. The molecule has 1 aromatic heterocycles. The number of carbonyl (C=O) groups excluding carboxylic acids is 1. The van der Waals surface area contributed by atoms with E-state index in [-0.39, 0.29) is 0 Å². The van der Waals surface area contributed by atoms with E-state index >= 15 is 0 Å². The van der Waals surface area contributed by atoms with Crippen LogP contribution < -0.4 is 0 Å². The van der Waals surface area contributed by atoms with Gasteiger partial charge >= 0.3 is 0 Å². The molecule has 4 rings (SSSR count). The normalized spacial score (nSPS) is 25.3. The van der Waals surface area contributed by atoms with E-state index in [9.17, 15) is 4.79 Å². The van der Waals surface area contributed by atoms with Crippen molar-refractivity contribution in [3.8, 4) is 11.1 Å². The number of rotatable bonds is 4. The molecule has 1 saturated carbocycles. The minimum atomic E-state index is 0.329. The zero-order valence-electron chi connectivity index (χ0n) is 16.2. The monoisotopic (exact) mass is 416 g/mol. The standard InChI is InChI=1S/C23H26Cl2N2O/c1-15-17(4-2-5-22(15)27-11-3-6-23(27)28)12-19-20(24)13-18(14-21(19)25)16-7-9-26-10-8-16/h7-10,13-15,17,22H,2-6,11-12H2,1H3. The average molecular weight is 417 g/mol. The Labute approximate surface area is 177 Å². The minimum absolute atomic E-state index is 0.329. The summed E-state index contributed by atoms with van der Waals surface area (Å²) >= 11 is 13.3. The van der Waals surface area contributed by atoms with Gasteiger partial charge in [0, 0.05) is 41.4 Å². The van der Waals surface area contributed by atoms with Crippen molar-refractivity contribution < 1.29 is 4.79 Å². The first-order valence-corrected chi connectivity index (χ1v) is 11.0. The molecule has 1 aliphatic carbocycles. The lowest BCUT2D eigenvalue weighted by molar-refractivity contribution is -0.131. The number of likely N-dealkylation sites (tertiary alicyclic amines) is 1. The largest absolute Gasteiger partial charge is 0.339 e. The van der Waals surface area contributed by atoms with Gasteiger partial charge in [0.15, 0.2) is 0 Å². The van der Waals surface area contributed by atoms with Gasteiger partial charge in [-0.3, -0.25) is 9.78 Å². The molecule has 2 fully saturated rings. The molecule has 0 bridgehead atoms. The van der Waals surface area contributed by atoms with Gasteiger partial charge in [-0.1, -0.05) is 36.5 Å². The number of pyridine rings is 1. The van der Waals surface area contributed by atoms with E-state index in [0.29, 0.717) is 30.2 Å². The van der Waals surface area contributed by atoms with Gasteiger partial charge in [0.25, 0.3) is 0 Å². The molecule has 3 atom stereocenters. The van der Waals surface area contributed by atoms with Gasteiger partial charge in [-0.15, -0.1) is 0 Å². The Morgan fingerprint density at radius 1 is 1.07 bits per heavy atom. The second-order valence-corrected chi connectivity index (χ2v) is 8.98. The molecule has 5 heteroatoms. The zero-order chi connectivity index (χ0) is 19.7. The predicted molar refractivity (Wildman–Crippen MR) is 115 cm³/mol. The Morgan fingerprint density at radius 2 is 1.79 bits per heavy atom. The summed E-state index contributed by atoms with van der Waals surface area (Å²) in [5.41, 5.74) is 3.11. The maximum atomic E-state index is 12.2. The highest BCUT2D eigenvalue weighted by molar-refractivity contribution is 6.36. The van der Waals surface area contributed by atoms with E-state index in [2.05, 4.69) is 16.8 Å². The van der Waals surface area contributed by atoms with Gasteiger partial charge < -0.3 is 4.90 Å². The molecule has 148 valence electrons. The quantitative estimate of drug-likeness (QED) is 0.609. The fraction of sp³-hybridized carbons (Fsp3) is 0.478. The fourth-order valence-electron chi connectivity index (χ4n) is 4.95. The Hall–Kier alpha value is -1.58. The summed E-state index contributed by atoms with van der Waals surface area (Å²) < 4.78 is 0. The number of hydrogen-bond donors (Lipinski definition) is 0. The molecule has 3 unspecified atom stereocenters. The van der Waals surface area contributed by atoms with Crippen LogP contribution >= 0.6 is 23.2 Å². The molecule has 2 heterocycles. The van der Waals surface area contributed by atoms with Gasteiger partial charge in [-0.25, -0.2) is 0 Å². The summed E-state index contributed by atoms with van der Waals surface area (Å²) in [5.74, 6) is 1.28. The lowest BCUT2D eigenvalue weighted by Crippen LogP contribution is -2.45. The van der Waals surface area contributed by atoms with Crippen LogP contribution in [0, 0.1) is 11.8 Å². The number of benzene rings is 1. The van der Waals surface area contributed by atoms with Crippen molar-refractivity contribution in [2.45, 2.75) is 51.5 Å². The first kappa shape index (κ1) is 19.7. The average Bonchev–Trinajstić information content (AvgIpc) is 3.12. The van der Waals surface area contributed by atoms with Crippen molar-refractivity contribution >= 4 is 29.1 Å². The van der Waals surface area contributed by atoms with Crippen LogP contribution in [0.1, 0.15) is 44.6 Å². The van der Waals surface area contributed by atoms with Gasteiger partial charge in [0.05, 0.1) is 0 Å². The number of amides is 1. The molecule has 0 spiro atoms. The third-order valence-electron chi connectivity index (χ3n) is 6.56. The molecular weight excluding hydrogens is 391 g/mol. The molecule has 28 heavy (non-hydrogen) atoms. The third kappa shape index (κ3) is 3.92. The molecular formula is C23H26Cl2N2O. The Balaban J connectivity index is 1.54. The van der Waals surface area contributed by atoms with Crippen LogP contribution in [0.4, 0.5) is 0 Å². The Kier molecular flexibility index (Phi) is 5.93. The lowest BCUT2D eigenvalue weighted by Gasteiger charge is -2.41. The number of halogens is 2. The highest BCUT2D eigenvalue weighted by atomic mass is 35.5. The van der Waals surface area contributed by atoms with E-state index in [1.165, 1.54) is 6.42 Å². The van der Waals surface area contributed by atoms with Crippen molar-refractivity contribution in [1.82, 2.24) is 9.88 Å². The molecule has 2 aliphatic rings. The van der Waals surface area contributed by atoms with E-state index in [4.69, 9.17) is 23.2 Å². The van der Waals surface area contributed by atoms with Crippen LogP contribution in [0.2, 0.25) is 10.0 Å². The van der Waals surface area contributed by atoms with Gasteiger partial charge in [0.1, 0.15) is 0 Å². The summed E-state index contributed by atoms with van der Waals surface area (Å²) in [6.07, 6.45) is 9.57. The van der Waals surface area contributed by atoms with Crippen molar-refractivity contribution in [2.75, 3.05) is 6.54 Å². The molecule has 1 amide bonds. The molecule has 0 radical (unpaired) electrons. The van der Waals surface area contributed by atoms with Crippen LogP contribution in [-0.4, -0.2) is 28.4 Å². The number of nitrogens with zero attached hydrogens (tertiary/aromatic N) is 2. The maximum Gasteiger partial charge on any atom is 0.222 e. The highest BCUT2D eigenvalue weighted by Crippen LogP contribution is 2.40. The minimum Gasteiger partial charge on any atom is -0.339 e. The van der Waals surface area contributed by atoms with Gasteiger partial charge in [0.2, 0.25) is 5.91 Å². The fourth-order valence-corrected chi connectivity index (χ4v) is 5.59. The van der Waals surface area contributed by atoms with Crippen LogP contribution in [0.5, 0.6) is 0 Å². The van der Waals surface area contributed by atoms with Gasteiger partial charge in [-0.05, 0) is 78.5 Å². The Morgan fingerprint density at radius 3 is 2.43 bits per heavy atom. The first-order chi connectivity index (χ1) is 13.5. The summed E-state index contributed by atoms with van der Waals surface area (Å²) in [6.45, 7) is 3.22. The van der Waals surface area contributed by atoms with Crippen molar-refractivity contribution in [2.24, 2.45) is 11.8 Å². The van der Waals surface area contributed by atoms with Crippen molar-refractivity contribution in [1.29, 1.82) is 0 Å². The Bertz CT molecular complexity index is 832. The number of aromatic nitrogens is 1. The number of hydrogen-bond acceptors (Lipinski definition) is 2. The van der Waals surface area contributed by atoms with E-state index in [1.807, 2.05) is 24.3 Å². The lowest BCUT2D eigenvalue weighted by atomic mass is 9.73. The van der Waals surface area contributed by atoms with E-state index < -0.39 is 0 Å². The molecule has 1 aromatic carbocycles. The summed E-state index contributed by atoms with van der Waals surface area (Å²) in [4.78, 5) is 18.4. The number of carbonyl (C=O) groups is 1. The third-order valence-corrected chi connectivity index (χ3v) is 7.23. The topological polar surface area (TPSA) is 33.2 Å². The van der Waals surface area contributed by atoms with Crippen LogP contribution in [0.15, 0.2) is 36.7 Å². The van der Waals surface area contributed by atoms with Crippen LogP contribution in [-0.2, 0) is 11.2 Å². The van der Waals surface area contributed by atoms with Crippen LogP contribution in [0.25, 0.3) is 11.1 Å². The predicted octanol–water partition coefficient (Wildman–Crippen LogP) is 6.03. The summed E-state index contributed by atoms with van der Waals surface area (Å²) in [6, 6.07) is 8.30. The molecule has 3 nitrogen and oxygen atoms in total. The molecule has 1 aliphatic heterocycles. The van der Waals surface area contributed by atoms with Gasteiger partial charge in [-0.2, -0.15) is 0 Å². The second-order valence-electron chi connectivity index (χ2n) is 8.17. The van der Waals surface area contributed by atoms with Crippen LogP contribution in [0.3, 0.4) is 0 Å². The van der Waals surface area contributed by atoms with Crippen molar-refractivity contribution in [3.63, 3.8) is 0 Å². The summed E-state index contributed by atoms with van der Waals surface area (Å²) in [5, 5.41) is 1.46. The smallest absolute Gasteiger partial charge is 0.222 e. The second kappa shape index (κ2) is 8.42. The molecule has 2 aromatic rings. The zero-order valence-corrected chi connectivity index (χ0v) is 17.7. The summed E-state index contributed by atoms with van der Waals surface area (Å²) in [7, 11) is 0. The van der Waals surface area contributed by atoms with Crippen molar-refractivity contribution in [3.05, 3.63) is 52.3 Å². The van der Waals surface area contributed by atoms with E-state index in [1.54, 1.807) is 12.4 Å².